The highest BCUT2D eigenvalue weighted by Crippen LogP contribution is 2.33. The molecule has 0 aliphatic carbocycles. The second kappa shape index (κ2) is 3.34. The van der Waals surface area contributed by atoms with Crippen molar-refractivity contribution < 1.29 is 8.42 Å². The van der Waals surface area contributed by atoms with Crippen LogP contribution in [0, 0.1) is 0 Å². The van der Waals surface area contributed by atoms with Crippen LogP contribution in [0.25, 0.3) is 0 Å². The summed E-state index contributed by atoms with van der Waals surface area (Å²) >= 11 is 0. The van der Waals surface area contributed by atoms with Crippen molar-refractivity contribution in [1.82, 2.24) is 10.2 Å². The largest absolute Gasteiger partial charge is 0.394 e. The molecule has 0 spiro atoms. The Kier molecular flexibility index (Phi) is 2.26. The first kappa shape index (κ1) is 10.2. The number of hydrogen-bond donors (Lipinski definition) is 2. The molecule has 6 nitrogen and oxygen atoms in total. The monoisotopic (exact) mass is 229 g/mol. The Morgan fingerprint density at radius 1 is 1.53 bits per heavy atom. The Morgan fingerprint density at radius 2 is 2.27 bits per heavy atom. The number of nitrogen functional groups attached to an aromatic ring is 1. The van der Waals surface area contributed by atoms with E-state index < -0.39 is 20.6 Å². The maximum absolute atomic E-state index is 11.6. The fourth-order valence-electron chi connectivity index (χ4n) is 1.73. The highest BCUT2D eigenvalue weighted by Gasteiger charge is 2.34. The molecule has 1 aliphatic rings. The number of nitrogens with two attached hydrogens (primary N) is 1. The quantitative estimate of drug-likeness (QED) is 0.681. The van der Waals surface area contributed by atoms with E-state index in [0.29, 0.717) is 18.5 Å². The van der Waals surface area contributed by atoms with Crippen molar-refractivity contribution in [2.45, 2.75) is 18.1 Å². The van der Waals surface area contributed by atoms with Gasteiger partial charge in [-0.15, -0.1) is 0 Å². The molecule has 1 aliphatic heterocycles. The molecule has 1 aromatic heterocycles. The molecule has 1 aromatic rings. The third kappa shape index (κ3) is 1.74. The summed E-state index contributed by atoms with van der Waals surface area (Å²) in [6, 6.07) is 1.34. The Morgan fingerprint density at radius 3 is 2.80 bits per heavy atom. The number of H-pyrrole nitrogens is 1. The fourth-order valence-corrected chi connectivity index (χ4v) is 3.59. The van der Waals surface area contributed by atoms with Crippen LogP contribution in [0.5, 0.6) is 0 Å². The van der Waals surface area contributed by atoms with Gasteiger partial charge in [-0.2, -0.15) is 5.10 Å². The van der Waals surface area contributed by atoms with Crippen LogP contribution in [0.3, 0.4) is 0 Å². The van der Waals surface area contributed by atoms with E-state index in [9.17, 15) is 13.2 Å². The van der Waals surface area contributed by atoms with Gasteiger partial charge in [0.15, 0.2) is 9.84 Å². The lowest BCUT2D eigenvalue weighted by Crippen LogP contribution is -2.18. The van der Waals surface area contributed by atoms with E-state index in [2.05, 4.69) is 10.2 Å². The molecule has 7 heteroatoms. The summed E-state index contributed by atoms with van der Waals surface area (Å²) in [5.41, 5.74) is 5.25. The molecule has 0 saturated carbocycles. The lowest BCUT2D eigenvalue weighted by atomic mass is 10.2. The van der Waals surface area contributed by atoms with Crippen LogP contribution in [0.4, 0.5) is 5.69 Å². The first-order valence-electron chi connectivity index (χ1n) is 4.57. The molecule has 2 rings (SSSR count). The predicted molar refractivity (Wildman–Crippen MR) is 55.0 cm³/mol. The lowest BCUT2D eigenvalue weighted by molar-refractivity contribution is 0.590. The maximum atomic E-state index is 11.6. The second-order valence-electron chi connectivity index (χ2n) is 3.58. The molecule has 0 bridgehead atoms. The van der Waals surface area contributed by atoms with Gasteiger partial charge in [-0.05, 0) is 18.9 Å². The zero-order valence-electron chi connectivity index (χ0n) is 7.93. The number of nitrogens with zero attached hydrogens (tertiary/aromatic N) is 1. The van der Waals surface area contributed by atoms with Crippen molar-refractivity contribution in [3.63, 3.8) is 0 Å². The normalized spacial score (nSPS) is 24.1. The Balaban J connectivity index is 2.47. The molecule has 1 saturated heterocycles. The van der Waals surface area contributed by atoms with Gasteiger partial charge >= 0.3 is 0 Å². The van der Waals surface area contributed by atoms with Crippen LogP contribution in [-0.4, -0.2) is 24.4 Å². The summed E-state index contributed by atoms with van der Waals surface area (Å²) in [5.74, 6) is 0.179. The van der Waals surface area contributed by atoms with Crippen molar-refractivity contribution in [2.75, 3.05) is 11.5 Å². The van der Waals surface area contributed by atoms with Gasteiger partial charge in [0.1, 0.15) is 10.9 Å². The summed E-state index contributed by atoms with van der Waals surface area (Å²) in [6.07, 6.45) is 1.18. The molecular formula is C8H11N3O3S. The number of nitrogens with one attached hydrogen (secondary N) is 1. The third-order valence-corrected chi connectivity index (χ3v) is 4.71. The molecule has 0 aromatic carbocycles. The van der Waals surface area contributed by atoms with E-state index in [1.54, 1.807) is 0 Å². The number of hydrogen-bond acceptors (Lipinski definition) is 5. The van der Waals surface area contributed by atoms with E-state index in [1.165, 1.54) is 6.07 Å². The zero-order chi connectivity index (χ0) is 11.1. The van der Waals surface area contributed by atoms with Gasteiger partial charge in [-0.1, -0.05) is 0 Å². The Labute approximate surface area is 86.4 Å². The molecular weight excluding hydrogens is 218 g/mol. The van der Waals surface area contributed by atoms with E-state index in [1.807, 2.05) is 0 Å². The minimum Gasteiger partial charge on any atom is -0.394 e. The highest BCUT2D eigenvalue weighted by molar-refractivity contribution is 7.91. The van der Waals surface area contributed by atoms with E-state index >= 15 is 0 Å². The van der Waals surface area contributed by atoms with Crippen molar-refractivity contribution >= 4 is 15.5 Å². The van der Waals surface area contributed by atoms with Crippen molar-refractivity contribution in [3.8, 4) is 0 Å². The van der Waals surface area contributed by atoms with Crippen LogP contribution in [0.2, 0.25) is 0 Å². The van der Waals surface area contributed by atoms with Crippen molar-refractivity contribution in [2.24, 2.45) is 0 Å². The Bertz CT molecular complexity index is 534. The van der Waals surface area contributed by atoms with E-state index in [-0.39, 0.29) is 11.4 Å². The summed E-state index contributed by atoms with van der Waals surface area (Å²) in [4.78, 5) is 11.0. The lowest BCUT2D eigenvalue weighted by Gasteiger charge is -2.07. The molecule has 0 radical (unpaired) electrons. The van der Waals surface area contributed by atoms with Gasteiger partial charge in [-0.25, -0.2) is 13.5 Å². The molecule has 82 valence electrons. The van der Waals surface area contributed by atoms with Gasteiger partial charge in [0.25, 0.3) is 5.56 Å². The highest BCUT2D eigenvalue weighted by atomic mass is 32.2. The molecule has 2 heterocycles. The number of anilines is 1. The average molecular weight is 229 g/mol. The van der Waals surface area contributed by atoms with Gasteiger partial charge in [0.2, 0.25) is 0 Å². The minimum absolute atomic E-state index is 0.00194. The fraction of sp³-hybridized carbons (Fsp3) is 0.500. The average Bonchev–Trinajstić information content (AvgIpc) is 2.50. The summed E-state index contributed by atoms with van der Waals surface area (Å²) in [7, 11) is -3.11. The van der Waals surface area contributed by atoms with E-state index in [0.717, 1.165) is 0 Å². The summed E-state index contributed by atoms with van der Waals surface area (Å²) < 4.78 is 23.2. The Hall–Kier alpha value is -1.37. The first-order valence-corrected chi connectivity index (χ1v) is 6.29. The number of aromatic amines is 1. The van der Waals surface area contributed by atoms with Crippen LogP contribution in [0.15, 0.2) is 10.9 Å². The molecule has 15 heavy (non-hydrogen) atoms. The molecule has 1 unspecified atom stereocenters. The number of aromatic nitrogens is 2. The molecule has 1 atom stereocenters. The number of rotatable bonds is 1. The van der Waals surface area contributed by atoms with Crippen LogP contribution in [0.1, 0.15) is 23.8 Å². The zero-order valence-corrected chi connectivity index (χ0v) is 8.75. The smallest absolute Gasteiger partial charge is 0.287 e. The molecule has 0 amide bonds. The second-order valence-corrected chi connectivity index (χ2v) is 5.88. The van der Waals surface area contributed by atoms with E-state index in [4.69, 9.17) is 5.73 Å². The molecule has 1 fully saturated rings. The number of sulfone groups is 1. The summed E-state index contributed by atoms with van der Waals surface area (Å²) in [6.45, 7) is 0. The van der Waals surface area contributed by atoms with Gasteiger partial charge < -0.3 is 5.73 Å². The van der Waals surface area contributed by atoms with Crippen LogP contribution < -0.4 is 11.3 Å². The van der Waals surface area contributed by atoms with Gasteiger partial charge in [-0.3, -0.25) is 4.79 Å². The van der Waals surface area contributed by atoms with Crippen molar-refractivity contribution in [1.29, 1.82) is 0 Å². The van der Waals surface area contributed by atoms with Gasteiger partial charge in [0, 0.05) is 0 Å². The standard InChI is InChI=1S/C8H11N3O3S/c9-5-4-6(10-11-8(5)12)7-2-1-3-15(7,13)14/h4,7H,1-3H2,(H2,9,10)(H,11,12). The van der Waals surface area contributed by atoms with Gasteiger partial charge in [0.05, 0.1) is 11.4 Å². The molecule has 3 N–H and O–H groups in total. The topological polar surface area (TPSA) is 106 Å². The first-order chi connectivity index (χ1) is 7.00. The minimum atomic E-state index is -3.11. The van der Waals surface area contributed by atoms with Crippen LogP contribution in [-0.2, 0) is 9.84 Å². The third-order valence-electron chi connectivity index (χ3n) is 2.51. The maximum Gasteiger partial charge on any atom is 0.287 e. The summed E-state index contributed by atoms with van der Waals surface area (Å²) in [5, 5.41) is 5.29. The predicted octanol–water partition coefficient (Wildman–Crippen LogP) is -0.398. The van der Waals surface area contributed by atoms with Crippen molar-refractivity contribution in [3.05, 3.63) is 22.1 Å². The SMILES string of the molecule is Nc1cc(C2CCCS2(=O)=O)n[nH]c1=O. The van der Waals surface area contributed by atoms with Crippen LogP contribution >= 0.6 is 0 Å².